The Balaban J connectivity index is 3.27. The van der Waals surface area contributed by atoms with Crippen molar-refractivity contribution in [1.82, 2.24) is 4.90 Å². The second-order valence-corrected chi connectivity index (χ2v) is 11.7. The monoisotopic (exact) mass is 277 g/mol. The topological polar surface area (TPSA) is 20.3 Å². The second-order valence-electron chi connectivity index (χ2n) is 6.70. The summed E-state index contributed by atoms with van der Waals surface area (Å²) in [6.45, 7) is 15.2. The van der Waals surface area contributed by atoms with E-state index in [-0.39, 0.29) is 18.0 Å². The molecule has 0 unspecified atom stereocenters. The summed E-state index contributed by atoms with van der Waals surface area (Å²) in [7, 11) is -1.50. The molecule has 0 atom stereocenters. The van der Waals surface area contributed by atoms with Crippen LogP contribution < -0.4 is 5.19 Å². The lowest BCUT2D eigenvalue weighted by molar-refractivity contribution is 0.0645. The van der Waals surface area contributed by atoms with Crippen LogP contribution in [-0.2, 0) is 0 Å². The molecule has 0 heterocycles. The van der Waals surface area contributed by atoms with Gasteiger partial charge >= 0.3 is 0 Å². The van der Waals surface area contributed by atoms with Crippen molar-refractivity contribution in [1.29, 1.82) is 0 Å². The van der Waals surface area contributed by atoms with Crippen LogP contribution in [0.5, 0.6) is 0 Å². The molecule has 0 aromatic heterocycles. The van der Waals surface area contributed by atoms with Gasteiger partial charge in [0.25, 0.3) is 5.91 Å². The molecule has 106 valence electrons. The van der Waals surface area contributed by atoms with Gasteiger partial charge in [-0.1, -0.05) is 37.8 Å². The zero-order valence-electron chi connectivity index (χ0n) is 13.3. The molecule has 0 radical (unpaired) electrons. The molecule has 2 nitrogen and oxygen atoms in total. The number of carbonyl (C=O) groups is 1. The number of hydrogen-bond donors (Lipinski definition) is 0. The van der Waals surface area contributed by atoms with Gasteiger partial charge in [0.2, 0.25) is 0 Å². The molecular formula is C16H27NOSi. The largest absolute Gasteiger partial charge is 0.334 e. The fourth-order valence-electron chi connectivity index (χ4n) is 2.53. The van der Waals surface area contributed by atoms with Crippen LogP contribution in [-0.4, -0.2) is 31.0 Å². The van der Waals surface area contributed by atoms with Gasteiger partial charge in [-0.05, 0) is 38.9 Å². The maximum Gasteiger partial charge on any atom is 0.254 e. The molecule has 0 aliphatic rings. The molecule has 1 amide bonds. The van der Waals surface area contributed by atoms with E-state index >= 15 is 0 Å². The van der Waals surface area contributed by atoms with Crippen molar-refractivity contribution in [2.45, 2.75) is 59.4 Å². The van der Waals surface area contributed by atoms with Crippen LogP contribution in [0.1, 0.15) is 38.1 Å². The predicted molar refractivity (Wildman–Crippen MR) is 85.9 cm³/mol. The van der Waals surface area contributed by atoms with Crippen molar-refractivity contribution in [2.75, 3.05) is 0 Å². The second kappa shape index (κ2) is 5.91. The van der Waals surface area contributed by atoms with E-state index in [1.807, 2.05) is 23.1 Å². The molecule has 1 aromatic rings. The van der Waals surface area contributed by atoms with Gasteiger partial charge < -0.3 is 4.90 Å². The molecule has 0 saturated carbocycles. The standard InChI is InChI=1S/C16H27NOSi/c1-12(2)17(13(3)4)16(18)14-10-8-9-11-15(14)19(5,6)7/h8-13H,1-7H3. The third kappa shape index (κ3) is 3.69. The average molecular weight is 277 g/mol. The van der Waals surface area contributed by atoms with E-state index in [0.717, 1.165) is 5.56 Å². The summed E-state index contributed by atoms with van der Waals surface area (Å²) in [5.41, 5.74) is 0.893. The first kappa shape index (κ1) is 16.0. The fraction of sp³-hybridized carbons (Fsp3) is 0.562. The highest BCUT2D eigenvalue weighted by Gasteiger charge is 2.27. The van der Waals surface area contributed by atoms with Crippen molar-refractivity contribution in [3.05, 3.63) is 29.8 Å². The van der Waals surface area contributed by atoms with E-state index in [9.17, 15) is 4.79 Å². The SMILES string of the molecule is CC(C)N(C(=O)c1ccccc1[Si](C)(C)C)C(C)C. The van der Waals surface area contributed by atoms with Crippen LogP contribution in [0.3, 0.4) is 0 Å². The summed E-state index contributed by atoms with van der Waals surface area (Å²) in [6.07, 6.45) is 0. The first-order valence-corrected chi connectivity index (χ1v) is 10.6. The Morgan fingerprint density at radius 3 is 1.89 bits per heavy atom. The summed E-state index contributed by atoms with van der Waals surface area (Å²) in [4.78, 5) is 14.8. The molecule has 1 rings (SSSR count). The van der Waals surface area contributed by atoms with Crippen molar-refractivity contribution < 1.29 is 4.79 Å². The van der Waals surface area contributed by atoms with Crippen molar-refractivity contribution in [3.63, 3.8) is 0 Å². The van der Waals surface area contributed by atoms with Gasteiger partial charge in [0.1, 0.15) is 0 Å². The fourth-order valence-corrected chi connectivity index (χ4v) is 4.12. The van der Waals surface area contributed by atoms with E-state index in [1.165, 1.54) is 5.19 Å². The predicted octanol–water partition coefficient (Wildman–Crippen LogP) is 3.49. The van der Waals surface area contributed by atoms with Gasteiger partial charge in [-0.25, -0.2) is 0 Å². The number of hydrogen-bond acceptors (Lipinski definition) is 1. The molecule has 0 bridgehead atoms. The Labute approximate surface area is 118 Å². The molecular weight excluding hydrogens is 250 g/mol. The molecule has 3 heteroatoms. The Kier molecular flexibility index (Phi) is 4.96. The molecule has 0 aliphatic heterocycles. The van der Waals surface area contributed by atoms with Crippen molar-refractivity contribution in [3.8, 4) is 0 Å². The van der Waals surface area contributed by atoms with Crippen LogP contribution in [0.4, 0.5) is 0 Å². The lowest BCUT2D eigenvalue weighted by Crippen LogP contribution is -2.48. The third-order valence-corrected chi connectivity index (χ3v) is 5.36. The number of carbonyl (C=O) groups excluding carboxylic acids is 1. The molecule has 0 saturated heterocycles. The van der Waals surface area contributed by atoms with E-state index in [2.05, 4.69) is 53.4 Å². The normalized spacial score (nSPS) is 12.1. The van der Waals surface area contributed by atoms with E-state index in [0.29, 0.717) is 0 Å². The molecule has 0 spiro atoms. The van der Waals surface area contributed by atoms with Crippen molar-refractivity contribution in [2.24, 2.45) is 0 Å². The Bertz CT molecular complexity index is 438. The van der Waals surface area contributed by atoms with Crippen LogP contribution in [0.25, 0.3) is 0 Å². The van der Waals surface area contributed by atoms with Gasteiger partial charge in [0, 0.05) is 17.6 Å². The summed E-state index contributed by atoms with van der Waals surface area (Å²) in [6, 6.07) is 8.56. The van der Waals surface area contributed by atoms with E-state index in [1.54, 1.807) is 0 Å². The van der Waals surface area contributed by atoms with Crippen molar-refractivity contribution >= 4 is 19.2 Å². The zero-order chi connectivity index (χ0) is 14.8. The van der Waals surface area contributed by atoms with Gasteiger partial charge in [-0.15, -0.1) is 0 Å². The Hall–Kier alpha value is -1.09. The smallest absolute Gasteiger partial charge is 0.254 e. The summed E-state index contributed by atoms with van der Waals surface area (Å²) < 4.78 is 0. The first-order valence-electron chi connectivity index (χ1n) is 7.08. The van der Waals surface area contributed by atoms with E-state index < -0.39 is 8.07 Å². The highest BCUT2D eigenvalue weighted by atomic mass is 28.3. The van der Waals surface area contributed by atoms with Gasteiger partial charge in [0.15, 0.2) is 0 Å². The molecule has 1 aromatic carbocycles. The third-order valence-electron chi connectivity index (χ3n) is 3.31. The lowest BCUT2D eigenvalue weighted by Gasteiger charge is -2.32. The Morgan fingerprint density at radius 2 is 1.47 bits per heavy atom. The van der Waals surface area contributed by atoms with Gasteiger partial charge in [-0.2, -0.15) is 0 Å². The minimum absolute atomic E-state index is 0.169. The highest BCUT2D eigenvalue weighted by Crippen LogP contribution is 2.14. The minimum atomic E-state index is -1.50. The van der Waals surface area contributed by atoms with E-state index in [4.69, 9.17) is 0 Å². The summed E-state index contributed by atoms with van der Waals surface area (Å²) in [5, 5.41) is 1.26. The van der Waals surface area contributed by atoms with Crippen LogP contribution in [0.15, 0.2) is 24.3 Å². The number of benzene rings is 1. The summed E-state index contributed by atoms with van der Waals surface area (Å²) >= 11 is 0. The van der Waals surface area contributed by atoms with Gasteiger partial charge in [0.05, 0.1) is 8.07 Å². The first-order chi connectivity index (χ1) is 8.66. The maximum atomic E-state index is 12.8. The number of amides is 1. The molecule has 19 heavy (non-hydrogen) atoms. The molecule has 0 N–H and O–H groups in total. The average Bonchev–Trinajstić information content (AvgIpc) is 2.26. The highest BCUT2D eigenvalue weighted by molar-refractivity contribution is 6.89. The lowest BCUT2D eigenvalue weighted by atomic mass is 10.1. The summed E-state index contributed by atoms with van der Waals surface area (Å²) in [5.74, 6) is 0.169. The Morgan fingerprint density at radius 1 is 1.00 bits per heavy atom. The van der Waals surface area contributed by atoms with Gasteiger partial charge in [-0.3, -0.25) is 4.79 Å². The molecule has 0 aliphatic carbocycles. The van der Waals surface area contributed by atoms with Crippen LogP contribution in [0.2, 0.25) is 19.6 Å². The maximum absolute atomic E-state index is 12.8. The minimum Gasteiger partial charge on any atom is -0.334 e. The number of nitrogens with zero attached hydrogens (tertiary/aromatic N) is 1. The van der Waals surface area contributed by atoms with Crippen LogP contribution >= 0.6 is 0 Å². The van der Waals surface area contributed by atoms with Crippen LogP contribution in [0, 0.1) is 0 Å². The zero-order valence-corrected chi connectivity index (χ0v) is 14.3. The molecule has 0 fully saturated rings. The number of rotatable bonds is 4. The quantitative estimate of drug-likeness (QED) is 0.772.